The molecule has 0 bridgehead atoms. The Balaban J connectivity index is 1.66. The molecule has 6 heteroatoms. The molecule has 61 heavy (non-hydrogen) atoms. The topological polar surface area (TPSA) is 33.6 Å². The molecule has 0 atom stereocenters. The largest absolute Gasteiger partial charge is 0.417 e. The molecule has 0 saturated heterocycles. The summed E-state index contributed by atoms with van der Waals surface area (Å²) < 4.78 is 49.7. The van der Waals surface area contributed by atoms with Crippen LogP contribution in [0.4, 0.5) is 13.2 Å². The van der Waals surface area contributed by atoms with Crippen molar-refractivity contribution in [3.63, 3.8) is 0 Å². The van der Waals surface area contributed by atoms with Crippen LogP contribution in [0.1, 0.15) is 122 Å². The van der Waals surface area contributed by atoms with E-state index in [9.17, 15) is 5.26 Å². The number of alkyl halides is 3. The second-order valence-electron chi connectivity index (χ2n) is 21.1. The van der Waals surface area contributed by atoms with Gasteiger partial charge in [0.2, 0.25) is 0 Å². The Morgan fingerprint density at radius 2 is 0.803 bits per heavy atom. The van der Waals surface area contributed by atoms with Gasteiger partial charge in [-0.1, -0.05) is 144 Å². The molecule has 2 aromatic heterocycles. The molecule has 0 aliphatic carbocycles. The van der Waals surface area contributed by atoms with E-state index in [-0.39, 0.29) is 38.4 Å². The molecule has 0 fully saturated rings. The van der Waals surface area contributed by atoms with Crippen LogP contribution < -0.4 is 0 Å². The maximum Gasteiger partial charge on any atom is 0.417 e. The summed E-state index contributed by atoms with van der Waals surface area (Å²) in [7, 11) is 0. The zero-order chi connectivity index (χ0) is 44.4. The average molecular weight is 816 g/mol. The monoisotopic (exact) mass is 815 g/mol. The molecular weight excluding hydrogens is 760 g/mol. The first-order valence-corrected chi connectivity index (χ1v) is 21.2. The highest BCUT2D eigenvalue weighted by atomic mass is 19.4. The van der Waals surface area contributed by atoms with Crippen molar-refractivity contribution in [1.82, 2.24) is 9.13 Å². The molecular formula is C55H56F3N3. The van der Waals surface area contributed by atoms with Crippen LogP contribution in [0.3, 0.4) is 0 Å². The second-order valence-corrected chi connectivity index (χ2v) is 21.1. The standard InChI is InChI=1S/C55H56F3N3/c1-32-15-14-16-43(55(56,57)58)50(32)42-30-49(61-46-28-36(53(8,9)10)19-23-40(46)41-24-20-37(29-47(41)61)54(11,12)13)48(25-33(42)31-59)60-44-26-34(51(2,3)4)17-21-38(44)39-22-18-35(27-45(39)60)52(5,6)7/h14-30H,1-13H3. The molecule has 2 heterocycles. The Bertz CT molecular complexity index is 2970. The second kappa shape index (κ2) is 13.9. The Labute approximate surface area is 358 Å². The third-order valence-electron chi connectivity index (χ3n) is 12.6. The van der Waals surface area contributed by atoms with E-state index < -0.39 is 11.7 Å². The first kappa shape index (κ1) is 41.9. The van der Waals surface area contributed by atoms with Gasteiger partial charge in [0.1, 0.15) is 0 Å². The number of halogens is 3. The number of fused-ring (bicyclic) bond motifs is 6. The quantitative estimate of drug-likeness (QED) is 0.175. The van der Waals surface area contributed by atoms with Gasteiger partial charge in [-0.3, -0.25) is 0 Å². The molecule has 6 aromatic carbocycles. The minimum atomic E-state index is -4.65. The third kappa shape index (κ3) is 7.10. The molecule has 0 unspecified atom stereocenters. The van der Waals surface area contributed by atoms with E-state index >= 15 is 13.2 Å². The summed E-state index contributed by atoms with van der Waals surface area (Å²) in [5, 5.41) is 15.3. The van der Waals surface area contributed by atoms with Crippen molar-refractivity contribution in [3.05, 3.63) is 142 Å². The highest BCUT2D eigenvalue weighted by Gasteiger charge is 2.36. The van der Waals surface area contributed by atoms with Gasteiger partial charge in [0.05, 0.1) is 50.6 Å². The zero-order valence-electron chi connectivity index (χ0n) is 37.8. The first-order chi connectivity index (χ1) is 28.3. The molecule has 0 aliphatic heterocycles. The van der Waals surface area contributed by atoms with Crippen molar-refractivity contribution in [2.45, 2.75) is 118 Å². The average Bonchev–Trinajstić information content (AvgIpc) is 3.66. The van der Waals surface area contributed by atoms with E-state index in [0.29, 0.717) is 16.9 Å². The molecule has 0 N–H and O–H groups in total. The molecule has 0 radical (unpaired) electrons. The molecule has 3 nitrogen and oxygen atoms in total. The van der Waals surface area contributed by atoms with Gasteiger partial charge >= 0.3 is 6.18 Å². The number of hydrogen-bond acceptors (Lipinski definition) is 1. The van der Waals surface area contributed by atoms with Crippen molar-refractivity contribution in [2.24, 2.45) is 0 Å². The van der Waals surface area contributed by atoms with Crippen LogP contribution in [0.25, 0.3) is 66.1 Å². The predicted octanol–water partition coefficient (Wildman–Crippen LogP) is 15.9. The zero-order valence-corrected chi connectivity index (χ0v) is 37.8. The minimum Gasteiger partial charge on any atom is -0.307 e. The molecule has 312 valence electrons. The van der Waals surface area contributed by atoms with E-state index in [1.54, 1.807) is 13.0 Å². The highest BCUT2D eigenvalue weighted by molar-refractivity contribution is 6.12. The minimum absolute atomic E-state index is 0.0122. The smallest absolute Gasteiger partial charge is 0.307 e. The van der Waals surface area contributed by atoms with Gasteiger partial charge in [0.15, 0.2) is 0 Å². The van der Waals surface area contributed by atoms with Crippen LogP contribution in [0, 0.1) is 18.3 Å². The fraction of sp³-hybridized carbons (Fsp3) is 0.327. The van der Waals surface area contributed by atoms with Gasteiger partial charge in [-0.15, -0.1) is 0 Å². The summed E-state index contributed by atoms with van der Waals surface area (Å²) in [5.74, 6) is 0. The normalized spacial score (nSPS) is 13.2. The lowest BCUT2D eigenvalue weighted by atomic mass is 9.86. The van der Waals surface area contributed by atoms with Gasteiger partial charge in [0.25, 0.3) is 0 Å². The number of hydrogen-bond donors (Lipinski definition) is 0. The van der Waals surface area contributed by atoms with Crippen LogP contribution in [-0.2, 0) is 27.8 Å². The predicted molar refractivity (Wildman–Crippen MR) is 250 cm³/mol. The lowest BCUT2D eigenvalue weighted by molar-refractivity contribution is -0.137. The van der Waals surface area contributed by atoms with Crippen molar-refractivity contribution >= 4 is 43.6 Å². The Kier molecular flexibility index (Phi) is 9.52. The number of aromatic nitrogens is 2. The molecule has 0 amide bonds. The van der Waals surface area contributed by atoms with Gasteiger partial charge in [-0.25, -0.2) is 0 Å². The van der Waals surface area contributed by atoms with Crippen LogP contribution in [-0.4, -0.2) is 9.13 Å². The van der Waals surface area contributed by atoms with E-state index in [1.807, 2.05) is 12.1 Å². The SMILES string of the molecule is Cc1cccc(C(F)(F)F)c1-c1cc(-n2c3cc(C(C)(C)C)ccc3c3ccc(C(C)(C)C)cc32)c(-n2c3cc(C(C)(C)C)ccc3c3ccc(C(C)(C)C)cc32)cc1C#N. The lowest BCUT2D eigenvalue weighted by Gasteiger charge is -2.24. The third-order valence-corrected chi connectivity index (χ3v) is 12.6. The fourth-order valence-electron chi connectivity index (χ4n) is 8.92. The summed E-state index contributed by atoms with van der Waals surface area (Å²) in [6.07, 6.45) is -4.65. The summed E-state index contributed by atoms with van der Waals surface area (Å²) in [5.41, 5.74) is 9.15. The summed E-state index contributed by atoms with van der Waals surface area (Å²) >= 11 is 0. The van der Waals surface area contributed by atoms with E-state index in [4.69, 9.17) is 0 Å². The van der Waals surface area contributed by atoms with Gasteiger partial charge in [0, 0.05) is 27.1 Å². The van der Waals surface area contributed by atoms with E-state index in [1.165, 1.54) is 6.07 Å². The van der Waals surface area contributed by atoms with Crippen LogP contribution in [0.15, 0.2) is 103 Å². The Morgan fingerprint density at radius 1 is 0.459 bits per heavy atom. The number of nitrogens with zero attached hydrogens (tertiary/aromatic N) is 3. The molecule has 0 aliphatic rings. The van der Waals surface area contributed by atoms with Gasteiger partial charge < -0.3 is 9.13 Å². The Morgan fingerprint density at radius 3 is 1.11 bits per heavy atom. The highest BCUT2D eigenvalue weighted by Crippen LogP contribution is 2.46. The number of aryl methyl sites for hydroxylation is 1. The molecule has 0 saturated carbocycles. The van der Waals surface area contributed by atoms with E-state index in [0.717, 1.165) is 71.9 Å². The molecule has 8 aromatic rings. The van der Waals surface area contributed by atoms with Gasteiger partial charge in [-0.05, 0) is 104 Å². The number of rotatable bonds is 3. The van der Waals surface area contributed by atoms with Crippen molar-refractivity contribution < 1.29 is 13.2 Å². The van der Waals surface area contributed by atoms with Crippen LogP contribution in [0.5, 0.6) is 0 Å². The van der Waals surface area contributed by atoms with Crippen molar-refractivity contribution in [3.8, 4) is 28.6 Å². The number of nitriles is 1. The summed E-state index contributed by atoms with van der Waals surface area (Å²) in [6, 6.07) is 36.8. The maximum atomic E-state index is 15.1. The van der Waals surface area contributed by atoms with E-state index in [2.05, 4.69) is 171 Å². The van der Waals surface area contributed by atoms with Crippen LogP contribution >= 0.6 is 0 Å². The Hall–Kier alpha value is -5.80. The summed E-state index contributed by atoms with van der Waals surface area (Å²) in [4.78, 5) is 0. The molecule has 8 rings (SSSR count). The van der Waals surface area contributed by atoms with Crippen molar-refractivity contribution in [1.29, 1.82) is 5.26 Å². The van der Waals surface area contributed by atoms with Crippen LogP contribution in [0.2, 0.25) is 0 Å². The summed E-state index contributed by atoms with van der Waals surface area (Å²) in [6.45, 7) is 28.0. The maximum absolute atomic E-state index is 15.1. The first-order valence-electron chi connectivity index (χ1n) is 21.2. The lowest BCUT2D eigenvalue weighted by Crippen LogP contribution is -2.13. The van der Waals surface area contributed by atoms with Crippen molar-refractivity contribution in [2.75, 3.05) is 0 Å². The van der Waals surface area contributed by atoms with Gasteiger partial charge in [-0.2, -0.15) is 18.4 Å². The fourth-order valence-corrected chi connectivity index (χ4v) is 8.92. The molecule has 0 spiro atoms. The number of benzene rings is 6.